The highest BCUT2D eigenvalue weighted by atomic mass is 16.4. The summed E-state index contributed by atoms with van der Waals surface area (Å²) in [6.45, 7) is 0.303. The van der Waals surface area contributed by atoms with Gasteiger partial charge in [0.05, 0.1) is 6.04 Å². The Labute approximate surface area is 185 Å². The fourth-order valence-electron chi connectivity index (χ4n) is 2.80. The number of carboxylic acids is 1. The monoisotopic (exact) mass is 449 g/mol. The minimum absolute atomic E-state index is 0.0630. The summed E-state index contributed by atoms with van der Waals surface area (Å²) in [6.07, 6.45) is 0.455. The maximum atomic E-state index is 12.8. The second-order valence-corrected chi connectivity index (χ2v) is 7.21. The summed E-state index contributed by atoms with van der Waals surface area (Å²) >= 11 is 0. The molecule has 11 N–H and O–H groups in total. The van der Waals surface area contributed by atoms with Crippen LogP contribution in [0.4, 0.5) is 0 Å². The molecule has 0 aliphatic heterocycles. The van der Waals surface area contributed by atoms with E-state index >= 15 is 0 Å². The molecule has 0 heterocycles. The summed E-state index contributed by atoms with van der Waals surface area (Å²) in [7, 11) is 0. The van der Waals surface area contributed by atoms with Gasteiger partial charge in [0.25, 0.3) is 0 Å². The summed E-state index contributed by atoms with van der Waals surface area (Å²) in [5, 5.41) is 14.3. The lowest BCUT2D eigenvalue weighted by Gasteiger charge is -2.23. The largest absolute Gasteiger partial charge is 0.480 e. The number of aliphatic carboxylic acids is 1. The van der Waals surface area contributed by atoms with Crippen molar-refractivity contribution < 1.29 is 24.3 Å². The summed E-state index contributed by atoms with van der Waals surface area (Å²) < 4.78 is 0. The highest BCUT2D eigenvalue weighted by molar-refractivity contribution is 5.92. The summed E-state index contributed by atoms with van der Waals surface area (Å²) in [5.74, 6) is -3.36. The molecule has 0 spiro atoms. The molecule has 0 aromatic heterocycles. The number of aliphatic imine (C=N–C) groups is 1. The first-order chi connectivity index (χ1) is 15.1. The average molecular weight is 450 g/mol. The number of primary amides is 1. The van der Waals surface area contributed by atoms with Gasteiger partial charge in [-0.15, -0.1) is 0 Å². The second kappa shape index (κ2) is 13.6. The molecule has 1 rings (SSSR count). The first-order valence-corrected chi connectivity index (χ1v) is 10.1. The standard InChI is InChI=1S/C20H31N7O5/c21-13(7-4-10-25-20(23)24)17(29)27-15(11-12-5-2-1-3-6-12)18(30)26-14(19(31)32)8-9-16(22)28/h1-3,5-6,13-15H,4,7-11,21H2,(H2,22,28)(H,26,30)(H,27,29)(H,31,32)(H4,23,24,25)/t13-,14-,15-/m0/s1. The fraction of sp³-hybridized carbons (Fsp3) is 0.450. The number of hydrogen-bond donors (Lipinski definition) is 7. The average Bonchev–Trinajstić information content (AvgIpc) is 2.73. The minimum Gasteiger partial charge on any atom is -0.480 e. The molecule has 0 saturated heterocycles. The van der Waals surface area contributed by atoms with Crippen LogP contribution in [0.2, 0.25) is 0 Å². The van der Waals surface area contributed by atoms with E-state index in [4.69, 9.17) is 22.9 Å². The van der Waals surface area contributed by atoms with Crippen LogP contribution in [0.3, 0.4) is 0 Å². The van der Waals surface area contributed by atoms with E-state index in [0.29, 0.717) is 13.0 Å². The Morgan fingerprint density at radius 3 is 2.12 bits per heavy atom. The van der Waals surface area contributed by atoms with Crippen molar-refractivity contribution in [1.29, 1.82) is 0 Å². The highest BCUT2D eigenvalue weighted by Gasteiger charge is 2.28. The van der Waals surface area contributed by atoms with Crippen LogP contribution < -0.4 is 33.6 Å². The SMILES string of the molecule is NC(=O)CC[C@H](NC(=O)[C@H](Cc1ccccc1)NC(=O)[C@@H](N)CCCN=C(N)N)C(=O)O. The van der Waals surface area contributed by atoms with Crippen molar-refractivity contribution in [3.8, 4) is 0 Å². The third-order valence-electron chi connectivity index (χ3n) is 4.51. The van der Waals surface area contributed by atoms with Crippen LogP contribution in [-0.4, -0.2) is 59.4 Å². The van der Waals surface area contributed by atoms with Crippen LogP contribution in [0.5, 0.6) is 0 Å². The van der Waals surface area contributed by atoms with Crippen molar-refractivity contribution in [2.24, 2.45) is 27.9 Å². The van der Waals surface area contributed by atoms with Gasteiger partial charge in [-0.3, -0.25) is 19.4 Å². The molecular formula is C20H31N7O5. The summed E-state index contributed by atoms with van der Waals surface area (Å²) in [6, 6.07) is 5.55. The van der Waals surface area contributed by atoms with Crippen LogP contribution >= 0.6 is 0 Å². The zero-order chi connectivity index (χ0) is 24.1. The Morgan fingerprint density at radius 2 is 1.56 bits per heavy atom. The lowest BCUT2D eigenvalue weighted by Crippen LogP contribution is -2.55. The molecule has 3 atom stereocenters. The van der Waals surface area contributed by atoms with E-state index in [9.17, 15) is 24.3 Å². The molecule has 0 aliphatic rings. The third kappa shape index (κ3) is 10.4. The van der Waals surface area contributed by atoms with Gasteiger partial charge in [-0.05, 0) is 24.8 Å². The molecular weight excluding hydrogens is 418 g/mol. The Hall–Kier alpha value is -3.67. The van der Waals surface area contributed by atoms with E-state index in [1.807, 2.05) is 0 Å². The predicted octanol–water partition coefficient (Wildman–Crippen LogP) is -2.07. The lowest BCUT2D eigenvalue weighted by molar-refractivity contribution is -0.142. The minimum atomic E-state index is -1.33. The Morgan fingerprint density at radius 1 is 0.938 bits per heavy atom. The quantitative estimate of drug-likeness (QED) is 0.0945. The maximum Gasteiger partial charge on any atom is 0.326 e. The van der Waals surface area contributed by atoms with Crippen LogP contribution in [-0.2, 0) is 25.6 Å². The van der Waals surface area contributed by atoms with Crippen LogP contribution in [0.1, 0.15) is 31.2 Å². The topological polar surface area (TPSA) is 229 Å². The van der Waals surface area contributed by atoms with E-state index in [2.05, 4.69) is 15.6 Å². The van der Waals surface area contributed by atoms with E-state index in [0.717, 1.165) is 5.56 Å². The molecule has 12 nitrogen and oxygen atoms in total. The van der Waals surface area contributed by atoms with E-state index in [-0.39, 0.29) is 31.6 Å². The highest BCUT2D eigenvalue weighted by Crippen LogP contribution is 2.06. The molecule has 0 aliphatic carbocycles. The zero-order valence-electron chi connectivity index (χ0n) is 17.7. The second-order valence-electron chi connectivity index (χ2n) is 7.21. The van der Waals surface area contributed by atoms with Gasteiger partial charge in [0.2, 0.25) is 17.7 Å². The molecule has 0 unspecified atom stereocenters. The number of guanidine groups is 1. The predicted molar refractivity (Wildman–Crippen MR) is 118 cm³/mol. The molecule has 0 bridgehead atoms. The van der Waals surface area contributed by atoms with Crippen molar-refractivity contribution in [2.45, 2.75) is 50.2 Å². The molecule has 176 valence electrons. The van der Waals surface area contributed by atoms with Crippen molar-refractivity contribution in [3.63, 3.8) is 0 Å². The third-order valence-corrected chi connectivity index (χ3v) is 4.51. The van der Waals surface area contributed by atoms with Crippen molar-refractivity contribution in [1.82, 2.24) is 10.6 Å². The number of hydrogen-bond acceptors (Lipinski definition) is 6. The molecule has 3 amide bonds. The van der Waals surface area contributed by atoms with E-state index in [1.54, 1.807) is 30.3 Å². The first-order valence-electron chi connectivity index (χ1n) is 10.1. The van der Waals surface area contributed by atoms with Crippen LogP contribution in [0, 0.1) is 0 Å². The van der Waals surface area contributed by atoms with Gasteiger partial charge in [0.15, 0.2) is 5.96 Å². The molecule has 0 fully saturated rings. The molecule has 32 heavy (non-hydrogen) atoms. The maximum absolute atomic E-state index is 12.8. The molecule has 0 saturated carbocycles. The fourth-order valence-corrected chi connectivity index (χ4v) is 2.80. The number of nitrogens with two attached hydrogens (primary N) is 4. The van der Waals surface area contributed by atoms with Gasteiger partial charge in [-0.2, -0.15) is 0 Å². The Kier molecular flexibility index (Phi) is 11.2. The number of rotatable bonds is 14. The smallest absolute Gasteiger partial charge is 0.326 e. The summed E-state index contributed by atoms with van der Waals surface area (Å²) in [5.41, 5.74) is 22.2. The first kappa shape index (κ1) is 26.4. The number of nitrogens with one attached hydrogen (secondary N) is 2. The summed E-state index contributed by atoms with van der Waals surface area (Å²) in [4.78, 5) is 51.6. The van der Waals surface area contributed by atoms with E-state index in [1.165, 1.54) is 0 Å². The van der Waals surface area contributed by atoms with Gasteiger partial charge >= 0.3 is 5.97 Å². The van der Waals surface area contributed by atoms with Crippen molar-refractivity contribution >= 4 is 29.7 Å². The number of carbonyl (C=O) groups is 4. The lowest BCUT2D eigenvalue weighted by atomic mass is 10.0. The van der Waals surface area contributed by atoms with Crippen LogP contribution in [0.25, 0.3) is 0 Å². The number of benzene rings is 1. The Balaban J connectivity index is 2.85. The van der Waals surface area contributed by atoms with E-state index < -0.39 is 41.8 Å². The number of nitrogens with zero attached hydrogens (tertiary/aromatic N) is 1. The van der Waals surface area contributed by atoms with Crippen molar-refractivity contribution in [3.05, 3.63) is 35.9 Å². The number of amides is 3. The van der Waals surface area contributed by atoms with Crippen LogP contribution in [0.15, 0.2) is 35.3 Å². The molecule has 1 aromatic carbocycles. The number of carbonyl (C=O) groups excluding carboxylic acids is 3. The Bertz CT molecular complexity index is 812. The molecule has 12 heteroatoms. The van der Waals surface area contributed by atoms with Crippen molar-refractivity contribution in [2.75, 3.05) is 6.54 Å². The van der Waals surface area contributed by atoms with Gasteiger partial charge in [0.1, 0.15) is 12.1 Å². The normalized spacial score (nSPS) is 13.3. The van der Waals surface area contributed by atoms with Gasteiger partial charge in [0, 0.05) is 19.4 Å². The zero-order valence-corrected chi connectivity index (χ0v) is 17.7. The molecule has 1 aromatic rings. The van der Waals surface area contributed by atoms with Gasteiger partial charge in [-0.25, -0.2) is 4.79 Å². The molecule has 0 radical (unpaired) electrons. The number of carboxylic acid groups (broad SMARTS) is 1. The van der Waals surface area contributed by atoms with Gasteiger partial charge in [-0.1, -0.05) is 30.3 Å². The van der Waals surface area contributed by atoms with Gasteiger partial charge < -0.3 is 38.7 Å².